The average molecular weight is 513 g/mol. The number of furan rings is 2. The van der Waals surface area contributed by atoms with Crippen LogP contribution in [0.25, 0.3) is 77.6 Å². The SMILES string of the molecule is c1ccc(-c2oc3c(ccc4c3ccc3c(-c5ccccc5)c(-c5ccccc5)oc34)c2-c2ccccc2)cc1. The van der Waals surface area contributed by atoms with Gasteiger partial charge in [0.15, 0.2) is 0 Å². The van der Waals surface area contributed by atoms with Crippen LogP contribution in [0.3, 0.4) is 0 Å². The topological polar surface area (TPSA) is 26.3 Å². The van der Waals surface area contributed by atoms with E-state index in [1.165, 1.54) is 0 Å². The molecule has 0 atom stereocenters. The molecule has 0 N–H and O–H groups in total. The van der Waals surface area contributed by atoms with Crippen molar-refractivity contribution in [3.8, 4) is 44.9 Å². The lowest BCUT2D eigenvalue weighted by molar-refractivity contribution is 0.633. The van der Waals surface area contributed by atoms with Gasteiger partial charge in [0, 0.05) is 43.8 Å². The third-order valence-electron chi connectivity index (χ3n) is 7.70. The Hall–Kier alpha value is -5.34. The maximum atomic E-state index is 6.77. The van der Waals surface area contributed by atoms with Gasteiger partial charge in [0.1, 0.15) is 22.7 Å². The highest BCUT2D eigenvalue weighted by molar-refractivity contribution is 6.20. The van der Waals surface area contributed by atoms with Crippen molar-refractivity contribution in [2.24, 2.45) is 0 Å². The number of hydrogen-bond acceptors (Lipinski definition) is 2. The molecule has 2 heterocycles. The summed E-state index contributed by atoms with van der Waals surface area (Å²) in [4.78, 5) is 0. The second kappa shape index (κ2) is 9.14. The lowest BCUT2D eigenvalue weighted by Crippen LogP contribution is -1.81. The van der Waals surface area contributed by atoms with Gasteiger partial charge in [-0.05, 0) is 35.4 Å². The van der Waals surface area contributed by atoms with Crippen LogP contribution in [0.1, 0.15) is 0 Å². The smallest absolute Gasteiger partial charge is 0.143 e. The van der Waals surface area contributed by atoms with Gasteiger partial charge in [-0.15, -0.1) is 0 Å². The minimum atomic E-state index is 0.871. The summed E-state index contributed by atoms with van der Waals surface area (Å²) in [5, 5.41) is 4.26. The van der Waals surface area contributed by atoms with E-state index in [0.29, 0.717) is 0 Å². The van der Waals surface area contributed by atoms with E-state index in [2.05, 4.69) is 121 Å². The molecule has 0 amide bonds. The van der Waals surface area contributed by atoms with Crippen molar-refractivity contribution >= 4 is 32.7 Å². The standard InChI is InChI=1S/C38H24O2/c1-5-13-25(14-6-1)33-31-23-21-30-29(37(31)39-35(33)27-17-9-3-10-18-27)22-24-32-34(26-15-7-2-8-16-26)36(40-38(30)32)28-19-11-4-12-20-28/h1-24H. The predicted octanol–water partition coefficient (Wildman–Crippen LogP) is 11.0. The molecule has 0 aliphatic rings. The monoisotopic (exact) mass is 512 g/mol. The summed E-state index contributed by atoms with van der Waals surface area (Å²) >= 11 is 0. The first-order valence-corrected chi connectivity index (χ1v) is 13.5. The van der Waals surface area contributed by atoms with Crippen molar-refractivity contribution in [1.29, 1.82) is 0 Å². The molecule has 0 fully saturated rings. The number of rotatable bonds is 4. The Balaban J connectivity index is 1.46. The molecule has 0 aliphatic carbocycles. The van der Waals surface area contributed by atoms with Crippen LogP contribution in [0, 0.1) is 0 Å². The molecule has 0 spiro atoms. The van der Waals surface area contributed by atoms with Crippen molar-refractivity contribution in [3.63, 3.8) is 0 Å². The third kappa shape index (κ3) is 3.50. The molecule has 40 heavy (non-hydrogen) atoms. The predicted molar refractivity (Wildman–Crippen MR) is 165 cm³/mol. The molecule has 0 saturated carbocycles. The molecule has 6 aromatic carbocycles. The molecule has 0 bridgehead atoms. The number of fused-ring (bicyclic) bond motifs is 5. The van der Waals surface area contributed by atoms with Crippen LogP contribution >= 0.6 is 0 Å². The van der Waals surface area contributed by atoms with Gasteiger partial charge in [0.05, 0.1) is 0 Å². The van der Waals surface area contributed by atoms with E-state index in [9.17, 15) is 0 Å². The average Bonchev–Trinajstić information content (AvgIpc) is 3.62. The van der Waals surface area contributed by atoms with Crippen molar-refractivity contribution in [2.75, 3.05) is 0 Å². The zero-order valence-electron chi connectivity index (χ0n) is 21.7. The van der Waals surface area contributed by atoms with Gasteiger partial charge < -0.3 is 8.83 Å². The molecule has 0 radical (unpaired) electrons. The molecule has 8 aromatic rings. The summed E-state index contributed by atoms with van der Waals surface area (Å²) < 4.78 is 13.5. The maximum Gasteiger partial charge on any atom is 0.143 e. The second-order valence-corrected chi connectivity index (χ2v) is 10.1. The van der Waals surface area contributed by atoms with Crippen molar-refractivity contribution in [3.05, 3.63) is 146 Å². The Morgan fingerprint density at radius 1 is 0.275 bits per heavy atom. The first-order valence-electron chi connectivity index (χ1n) is 13.5. The van der Waals surface area contributed by atoms with Crippen LogP contribution < -0.4 is 0 Å². The Kier molecular flexibility index (Phi) is 5.17. The molecule has 0 aliphatic heterocycles. The van der Waals surface area contributed by atoms with Crippen molar-refractivity contribution in [1.82, 2.24) is 0 Å². The summed E-state index contributed by atoms with van der Waals surface area (Å²) in [6, 6.07) is 50.4. The van der Waals surface area contributed by atoms with E-state index >= 15 is 0 Å². The summed E-state index contributed by atoms with van der Waals surface area (Å²) in [6.45, 7) is 0. The van der Waals surface area contributed by atoms with Crippen LogP contribution in [-0.4, -0.2) is 0 Å². The highest BCUT2D eigenvalue weighted by Crippen LogP contribution is 2.47. The van der Waals surface area contributed by atoms with Gasteiger partial charge in [0.2, 0.25) is 0 Å². The molecule has 0 saturated heterocycles. The Morgan fingerprint density at radius 3 is 0.925 bits per heavy atom. The maximum absolute atomic E-state index is 6.77. The zero-order valence-corrected chi connectivity index (χ0v) is 21.7. The van der Waals surface area contributed by atoms with Gasteiger partial charge in [-0.3, -0.25) is 0 Å². The van der Waals surface area contributed by atoms with Crippen LogP contribution in [0.15, 0.2) is 154 Å². The number of benzene rings is 6. The van der Waals surface area contributed by atoms with E-state index in [1.54, 1.807) is 0 Å². The minimum Gasteiger partial charge on any atom is -0.455 e. The van der Waals surface area contributed by atoms with Gasteiger partial charge >= 0.3 is 0 Å². The molecule has 188 valence electrons. The van der Waals surface area contributed by atoms with Crippen LogP contribution in [-0.2, 0) is 0 Å². The van der Waals surface area contributed by atoms with Gasteiger partial charge in [-0.1, -0.05) is 121 Å². The first kappa shape index (κ1) is 22.6. The first-order chi connectivity index (χ1) is 19.9. The summed E-state index contributed by atoms with van der Waals surface area (Å²) in [5.74, 6) is 1.76. The molecule has 0 unspecified atom stereocenters. The third-order valence-corrected chi connectivity index (χ3v) is 7.70. The molecule has 2 aromatic heterocycles. The molecular weight excluding hydrogens is 488 g/mol. The Bertz CT molecular complexity index is 1960. The van der Waals surface area contributed by atoms with Gasteiger partial charge in [-0.2, -0.15) is 0 Å². The molecule has 2 heteroatoms. The zero-order chi connectivity index (χ0) is 26.5. The normalized spacial score (nSPS) is 11.5. The van der Waals surface area contributed by atoms with Crippen molar-refractivity contribution < 1.29 is 8.83 Å². The quantitative estimate of drug-likeness (QED) is 0.234. The molecular formula is C38H24O2. The fourth-order valence-electron chi connectivity index (χ4n) is 5.88. The van der Waals surface area contributed by atoms with E-state index in [1.807, 2.05) is 24.3 Å². The fraction of sp³-hybridized carbons (Fsp3) is 0. The molecule has 8 rings (SSSR count). The van der Waals surface area contributed by atoms with Crippen molar-refractivity contribution in [2.45, 2.75) is 0 Å². The Labute approximate surface area is 231 Å². The summed E-state index contributed by atoms with van der Waals surface area (Å²) in [6.07, 6.45) is 0. The largest absolute Gasteiger partial charge is 0.455 e. The fourth-order valence-corrected chi connectivity index (χ4v) is 5.88. The number of hydrogen-bond donors (Lipinski definition) is 0. The highest BCUT2D eigenvalue weighted by Gasteiger charge is 2.23. The second-order valence-electron chi connectivity index (χ2n) is 10.1. The lowest BCUT2D eigenvalue weighted by Gasteiger charge is -2.04. The Morgan fingerprint density at radius 2 is 0.575 bits per heavy atom. The van der Waals surface area contributed by atoms with E-state index in [4.69, 9.17) is 8.83 Å². The van der Waals surface area contributed by atoms with Crippen LogP contribution in [0.2, 0.25) is 0 Å². The van der Waals surface area contributed by atoms with E-state index in [0.717, 1.165) is 77.6 Å². The lowest BCUT2D eigenvalue weighted by atomic mass is 9.95. The highest BCUT2D eigenvalue weighted by atomic mass is 16.3. The molecule has 2 nitrogen and oxygen atoms in total. The minimum absolute atomic E-state index is 0.871. The summed E-state index contributed by atoms with van der Waals surface area (Å²) in [7, 11) is 0. The van der Waals surface area contributed by atoms with Crippen LogP contribution in [0.5, 0.6) is 0 Å². The summed E-state index contributed by atoms with van der Waals surface area (Å²) in [5.41, 5.74) is 8.35. The van der Waals surface area contributed by atoms with Crippen LogP contribution in [0.4, 0.5) is 0 Å². The van der Waals surface area contributed by atoms with Gasteiger partial charge in [0.25, 0.3) is 0 Å². The van der Waals surface area contributed by atoms with E-state index < -0.39 is 0 Å². The van der Waals surface area contributed by atoms with E-state index in [-0.39, 0.29) is 0 Å². The van der Waals surface area contributed by atoms with Gasteiger partial charge in [-0.25, -0.2) is 0 Å².